The zero-order valence-electron chi connectivity index (χ0n) is 14.1. The normalized spacial score (nSPS) is 18.0. The predicted octanol–water partition coefficient (Wildman–Crippen LogP) is 3.81. The first-order valence-corrected chi connectivity index (χ1v) is 8.67. The third kappa shape index (κ3) is 3.62. The van der Waals surface area contributed by atoms with Crippen LogP contribution in [-0.4, -0.2) is 33.7 Å². The van der Waals surface area contributed by atoms with E-state index in [1.165, 1.54) is 17.0 Å². The highest BCUT2D eigenvalue weighted by molar-refractivity contribution is 7.15. The molecule has 0 saturated heterocycles. The maximum absolute atomic E-state index is 13.1. The van der Waals surface area contributed by atoms with Crippen molar-refractivity contribution in [2.24, 2.45) is 0 Å². The summed E-state index contributed by atoms with van der Waals surface area (Å²) in [7, 11) is 0. The topological polar surface area (TPSA) is 36.4 Å². The van der Waals surface area contributed by atoms with E-state index in [0.717, 1.165) is 29.4 Å². The second kappa shape index (κ2) is 5.65. The number of aromatic nitrogens is 1. The molecule has 0 atom stereocenters. The van der Waals surface area contributed by atoms with Crippen LogP contribution in [0.3, 0.4) is 0 Å². The second-order valence-corrected chi connectivity index (χ2v) is 8.72. The monoisotopic (exact) mass is 334 g/mol. The van der Waals surface area contributed by atoms with Gasteiger partial charge in [-0.15, -0.1) is 11.3 Å². The van der Waals surface area contributed by atoms with Crippen LogP contribution in [0.15, 0.2) is 24.3 Å². The zero-order valence-corrected chi connectivity index (χ0v) is 14.9. The molecule has 2 aromatic rings. The fraction of sp³-hybridized carbons (Fsp3) is 0.500. The lowest BCUT2D eigenvalue weighted by Crippen LogP contribution is -2.47. The maximum Gasteiger partial charge on any atom is 0.123 e. The summed E-state index contributed by atoms with van der Waals surface area (Å²) in [6.07, 6.45) is 0. The Balaban J connectivity index is 1.93. The van der Waals surface area contributed by atoms with Crippen LogP contribution in [0.2, 0.25) is 0 Å². The van der Waals surface area contributed by atoms with Crippen molar-refractivity contribution < 1.29 is 9.50 Å². The summed E-state index contributed by atoms with van der Waals surface area (Å²) in [5.74, 6) is -0.230. The van der Waals surface area contributed by atoms with Gasteiger partial charge in [0.25, 0.3) is 0 Å². The van der Waals surface area contributed by atoms with Gasteiger partial charge in [-0.3, -0.25) is 4.90 Å². The average molecular weight is 334 g/mol. The molecule has 0 unspecified atom stereocenters. The minimum atomic E-state index is -0.710. The van der Waals surface area contributed by atoms with Crippen LogP contribution in [0.1, 0.15) is 38.3 Å². The van der Waals surface area contributed by atoms with E-state index < -0.39 is 5.60 Å². The van der Waals surface area contributed by atoms with E-state index in [9.17, 15) is 9.50 Å². The number of thiazole rings is 1. The Morgan fingerprint density at radius 2 is 1.96 bits per heavy atom. The van der Waals surface area contributed by atoms with E-state index >= 15 is 0 Å². The molecule has 1 aliphatic heterocycles. The minimum Gasteiger partial charge on any atom is -0.389 e. The Hall–Kier alpha value is -1.30. The molecule has 1 aliphatic rings. The number of nitrogens with zero attached hydrogens (tertiary/aromatic N) is 2. The van der Waals surface area contributed by atoms with Crippen molar-refractivity contribution in [1.29, 1.82) is 0 Å². The Labute approximate surface area is 140 Å². The van der Waals surface area contributed by atoms with Gasteiger partial charge in [-0.05, 0) is 38.1 Å². The van der Waals surface area contributed by atoms with Crippen molar-refractivity contribution in [3.8, 4) is 10.6 Å². The van der Waals surface area contributed by atoms with Crippen molar-refractivity contribution in [3.05, 3.63) is 40.7 Å². The van der Waals surface area contributed by atoms with Crippen molar-refractivity contribution in [1.82, 2.24) is 9.88 Å². The van der Waals surface area contributed by atoms with Gasteiger partial charge in [0.15, 0.2) is 0 Å². The molecule has 1 aromatic carbocycles. The molecular formula is C18H23FN2OS. The van der Waals surface area contributed by atoms with Crippen molar-refractivity contribution >= 4 is 11.3 Å². The molecule has 23 heavy (non-hydrogen) atoms. The highest BCUT2D eigenvalue weighted by atomic mass is 32.1. The molecule has 124 valence electrons. The number of hydrogen-bond donors (Lipinski definition) is 1. The van der Waals surface area contributed by atoms with Crippen LogP contribution in [-0.2, 0) is 12.0 Å². The van der Waals surface area contributed by atoms with Crippen molar-refractivity contribution in [2.45, 2.75) is 45.3 Å². The van der Waals surface area contributed by atoms with Crippen molar-refractivity contribution in [3.63, 3.8) is 0 Å². The number of rotatable bonds is 3. The van der Waals surface area contributed by atoms with Gasteiger partial charge in [0.1, 0.15) is 10.8 Å². The standard InChI is InChI=1S/C18H23FN2OS/c1-17(2)10-21(11-18(3,4)22)9-14-15(17)20-16(23-14)12-5-7-13(19)8-6-12/h5-8,22H,9-11H2,1-4H3. The fourth-order valence-electron chi connectivity index (χ4n) is 3.26. The van der Waals surface area contributed by atoms with Crippen LogP contribution >= 0.6 is 11.3 Å². The van der Waals surface area contributed by atoms with Gasteiger partial charge in [0.05, 0.1) is 11.3 Å². The van der Waals surface area contributed by atoms with Gasteiger partial charge in [0, 0.05) is 35.5 Å². The molecule has 3 rings (SSSR count). The zero-order chi connectivity index (χ0) is 16.8. The first kappa shape index (κ1) is 16.6. The Kier molecular flexibility index (Phi) is 4.07. The summed E-state index contributed by atoms with van der Waals surface area (Å²) in [4.78, 5) is 8.37. The fourth-order valence-corrected chi connectivity index (χ4v) is 4.55. The van der Waals surface area contributed by atoms with E-state index in [0.29, 0.717) is 6.54 Å². The van der Waals surface area contributed by atoms with Gasteiger partial charge in [-0.25, -0.2) is 9.37 Å². The molecule has 1 aromatic heterocycles. The van der Waals surface area contributed by atoms with Crippen LogP contribution in [0.4, 0.5) is 4.39 Å². The quantitative estimate of drug-likeness (QED) is 0.927. The molecule has 0 bridgehead atoms. The molecule has 0 fully saturated rings. The Morgan fingerprint density at radius 1 is 1.30 bits per heavy atom. The van der Waals surface area contributed by atoms with E-state index in [1.807, 2.05) is 13.8 Å². The Morgan fingerprint density at radius 3 is 2.57 bits per heavy atom. The van der Waals surface area contributed by atoms with E-state index in [1.54, 1.807) is 23.5 Å². The summed E-state index contributed by atoms with van der Waals surface area (Å²) in [6.45, 7) is 10.4. The molecule has 0 amide bonds. The number of β-amino-alcohol motifs (C(OH)–C–C–N with tert-alkyl or cyclic N) is 1. The average Bonchev–Trinajstić information content (AvgIpc) is 2.81. The van der Waals surface area contributed by atoms with E-state index in [2.05, 4.69) is 18.7 Å². The number of benzene rings is 1. The number of fused-ring (bicyclic) bond motifs is 1. The van der Waals surface area contributed by atoms with Gasteiger partial charge in [0.2, 0.25) is 0 Å². The van der Waals surface area contributed by atoms with Crippen LogP contribution in [0, 0.1) is 5.82 Å². The molecular weight excluding hydrogens is 311 g/mol. The Bertz CT molecular complexity index is 701. The molecule has 3 nitrogen and oxygen atoms in total. The molecule has 5 heteroatoms. The molecule has 0 saturated carbocycles. The number of hydrogen-bond acceptors (Lipinski definition) is 4. The molecule has 2 heterocycles. The smallest absolute Gasteiger partial charge is 0.123 e. The van der Waals surface area contributed by atoms with Gasteiger partial charge in [-0.2, -0.15) is 0 Å². The third-order valence-corrected chi connectivity index (χ3v) is 5.12. The maximum atomic E-state index is 13.1. The molecule has 0 spiro atoms. The van der Waals surface area contributed by atoms with Crippen molar-refractivity contribution in [2.75, 3.05) is 13.1 Å². The summed E-state index contributed by atoms with van der Waals surface area (Å²) in [5, 5.41) is 11.0. The lowest BCUT2D eigenvalue weighted by atomic mass is 9.84. The van der Waals surface area contributed by atoms with Crippen LogP contribution < -0.4 is 0 Å². The van der Waals surface area contributed by atoms with Gasteiger partial charge < -0.3 is 5.11 Å². The van der Waals surface area contributed by atoms with E-state index in [4.69, 9.17) is 4.98 Å². The van der Waals surface area contributed by atoms with Gasteiger partial charge >= 0.3 is 0 Å². The first-order chi connectivity index (χ1) is 10.6. The minimum absolute atomic E-state index is 0.0619. The van der Waals surface area contributed by atoms with Crippen LogP contribution in [0.5, 0.6) is 0 Å². The third-order valence-electron chi connectivity index (χ3n) is 4.03. The lowest BCUT2D eigenvalue weighted by molar-refractivity contribution is 0.0235. The summed E-state index contributed by atoms with van der Waals surface area (Å²) < 4.78 is 13.1. The summed E-state index contributed by atoms with van der Waals surface area (Å²) in [6, 6.07) is 6.51. The van der Waals surface area contributed by atoms with Crippen LogP contribution in [0.25, 0.3) is 10.6 Å². The highest BCUT2D eigenvalue weighted by Gasteiger charge is 2.36. The summed E-state index contributed by atoms with van der Waals surface area (Å²) in [5.41, 5.74) is 1.32. The van der Waals surface area contributed by atoms with Gasteiger partial charge in [-0.1, -0.05) is 13.8 Å². The molecule has 0 aliphatic carbocycles. The summed E-state index contributed by atoms with van der Waals surface area (Å²) >= 11 is 1.67. The largest absolute Gasteiger partial charge is 0.389 e. The SMILES string of the molecule is CC(C)(O)CN1Cc2sc(-c3ccc(F)cc3)nc2C(C)(C)C1. The number of aliphatic hydroxyl groups is 1. The highest BCUT2D eigenvalue weighted by Crippen LogP contribution is 2.39. The predicted molar refractivity (Wildman–Crippen MR) is 92.1 cm³/mol. The molecule has 1 N–H and O–H groups in total. The first-order valence-electron chi connectivity index (χ1n) is 7.85. The molecule has 0 radical (unpaired) electrons. The van der Waals surface area contributed by atoms with E-state index in [-0.39, 0.29) is 11.2 Å². The second-order valence-electron chi connectivity index (χ2n) is 7.64. The lowest BCUT2D eigenvalue weighted by Gasteiger charge is -2.39. The number of halogens is 1.